The zero-order valence-electron chi connectivity index (χ0n) is 11.6. The molecular weight excluding hydrogens is 363 g/mol. The summed E-state index contributed by atoms with van der Waals surface area (Å²) in [6, 6.07) is 3.98. The van der Waals surface area contributed by atoms with Gasteiger partial charge in [0, 0.05) is 36.7 Å². The van der Waals surface area contributed by atoms with Crippen LogP contribution in [0.4, 0.5) is 4.39 Å². The van der Waals surface area contributed by atoms with Crippen molar-refractivity contribution in [2.45, 2.75) is 12.5 Å². The summed E-state index contributed by atoms with van der Waals surface area (Å²) in [5, 5.41) is 3.33. The Kier molecular flexibility index (Phi) is 6.10. The number of nitrogens with one attached hydrogen (secondary N) is 1. The maximum atomic E-state index is 13.0. The fraction of sp³-hybridized carbons (Fsp3) is 0.571. The highest BCUT2D eigenvalue weighted by Crippen LogP contribution is 2.41. The van der Waals surface area contributed by atoms with Crippen LogP contribution in [0, 0.1) is 0 Å². The van der Waals surface area contributed by atoms with Gasteiger partial charge in [-0.25, -0.2) is 0 Å². The van der Waals surface area contributed by atoms with E-state index in [1.54, 1.807) is 0 Å². The van der Waals surface area contributed by atoms with Crippen molar-refractivity contribution in [2.75, 3.05) is 39.6 Å². The Morgan fingerprint density at radius 3 is 2.57 bits per heavy atom. The molecule has 2 aliphatic heterocycles. The molecule has 0 radical (unpaired) electrons. The Morgan fingerprint density at radius 1 is 1.24 bits per heavy atom. The highest BCUT2D eigenvalue weighted by atomic mass is 79.9. The fourth-order valence-electron chi connectivity index (χ4n) is 2.82. The van der Waals surface area contributed by atoms with Crippen LogP contribution in [0.5, 0.6) is 11.5 Å². The first-order chi connectivity index (χ1) is 9.79. The number of hydrogen-bond acceptors (Lipinski definition) is 4. The topological polar surface area (TPSA) is 33.7 Å². The summed E-state index contributed by atoms with van der Waals surface area (Å²) in [7, 11) is 0. The summed E-state index contributed by atoms with van der Waals surface area (Å²) in [6.45, 7) is 3.70. The van der Waals surface area contributed by atoms with Gasteiger partial charge in [0.1, 0.15) is 0 Å². The highest BCUT2D eigenvalue weighted by molar-refractivity contribution is 9.10. The maximum Gasteiger partial charge on any atom is 0.231 e. The molecule has 2 aliphatic rings. The minimum Gasteiger partial charge on any atom is -0.454 e. The smallest absolute Gasteiger partial charge is 0.231 e. The van der Waals surface area contributed by atoms with Crippen LogP contribution in [-0.2, 0) is 0 Å². The number of piperazine rings is 1. The van der Waals surface area contributed by atoms with Gasteiger partial charge in [-0.1, -0.05) is 15.9 Å². The number of benzene rings is 1. The summed E-state index contributed by atoms with van der Waals surface area (Å²) < 4.78 is 24.7. The second kappa shape index (κ2) is 7.63. The summed E-state index contributed by atoms with van der Waals surface area (Å²) in [5.41, 5.74) is 1.08. The third-order valence-electron chi connectivity index (χ3n) is 3.83. The van der Waals surface area contributed by atoms with Crippen molar-refractivity contribution >= 4 is 28.3 Å². The van der Waals surface area contributed by atoms with E-state index in [9.17, 15) is 4.39 Å². The highest BCUT2D eigenvalue weighted by Gasteiger charge is 2.26. The van der Waals surface area contributed by atoms with Crippen molar-refractivity contribution in [3.8, 4) is 11.5 Å². The van der Waals surface area contributed by atoms with Crippen LogP contribution in [0.1, 0.15) is 18.0 Å². The van der Waals surface area contributed by atoms with Crippen molar-refractivity contribution in [1.29, 1.82) is 0 Å². The van der Waals surface area contributed by atoms with E-state index in [0.29, 0.717) is 6.42 Å². The zero-order valence-corrected chi connectivity index (χ0v) is 14.0. The molecule has 1 atom stereocenters. The lowest BCUT2D eigenvalue weighted by molar-refractivity contribution is 0.156. The molecule has 1 fully saturated rings. The Morgan fingerprint density at radius 2 is 1.90 bits per heavy atom. The molecule has 7 heteroatoms. The van der Waals surface area contributed by atoms with Gasteiger partial charge < -0.3 is 14.8 Å². The molecule has 21 heavy (non-hydrogen) atoms. The van der Waals surface area contributed by atoms with Gasteiger partial charge in [0.15, 0.2) is 11.5 Å². The predicted molar refractivity (Wildman–Crippen MR) is 85.3 cm³/mol. The number of ether oxygens (including phenoxy) is 2. The molecule has 1 saturated heterocycles. The summed E-state index contributed by atoms with van der Waals surface area (Å²) in [6.07, 6.45) is 0.498. The van der Waals surface area contributed by atoms with Gasteiger partial charge in [0.25, 0.3) is 0 Å². The number of fused-ring (bicyclic) bond motifs is 1. The zero-order chi connectivity index (χ0) is 13.9. The number of hydrogen-bond donors (Lipinski definition) is 1. The normalized spacial score (nSPS) is 19.1. The molecule has 0 bridgehead atoms. The van der Waals surface area contributed by atoms with Crippen molar-refractivity contribution in [3.05, 3.63) is 22.2 Å². The molecule has 0 aromatic heterocycles. The molecule has 0 amide bonds. The minimum absolute atomic E-state index is 0. The Hall–Kier alpha value is -0.560. The molecular formula is C14H19BrClFN2O2. The van der Waals surface area contributed by atoms with Gasteiger partial charge in [-0.05, 0) is 24.1 Å². The molecule has 0 aliphatic carbocycles. The van der Waals surface area contributed by atoms with Gasteiger partial charge in [0.2, 0.25) is 6.79 Å². The van der Waals surface area contributed by atoms with Gasteiger partial charge in [-0.3, -0.25) is 9.29 Å². The molecule has 118 valence electrons. The van der Waals surface area contributed by atoms with Crippen molar-refractivity contribution in [2.24, 2.45) is 0 Å². The van der Waals surface area contributed by atoms with Crippen LogP contribution in [-0.4, -0.2) is 44.5 Å². The Labute approximate surface area is 138 Å². The number of alkyl halides is 1. The summed E-state index contributed by atoms with van der Waals surface area (Å²) in [5.74, 6) is 1.50. The molecule has 0 spiro atoms. The van der Waals surface area contributed by atoms with Gasteiger partial charge in [0.05, 0.1) is 6.67 Å². The van der Waals surface area contributed by atoms with E-state index in [1.807, 2.05) is 12.1 Å². The third kappa shape index (κ3) is 3.62. The monoisotopic (exact) mass is 380 g/mol. The first kappa shape index (κ1) is 16.8. The molecule has 4 nitrogen and oxygen atoms in total. The average Bonchev–Trinajstić information content (AvgIpc) is 2.92. The van der Waals surface area contributed by atoms with E-state index in [-0.39, 0.29) is 31.9 Å². The molecule has 2 heterocycles. The standard InChI is InChI=1S/C14H18BrFN2O2.ClH/c15-11-8-14-13(19-9-20-14)7-10(11)12(1-2-16)18-5-3-17-4-6-18;/h7-8,12,17H,1-6,9H2;1H/t12-;/m0./s1. The lowest BCUT2D eigenvalue weighted by Gasteiger charge is -2.35. The van der Waals surface area contributed by atoms with Crippen molar-refractivity contribution in [3.63, 3.8) is 0 Å². The molecule has 0 saturated carbocycles. The van der Waals surface area contributed by atoms with Gasteiger partial charge in [-0.2, -0.15) is 0 Å². The largest absolute Gasteiger partial charge is 0.454 e. The van der Waals surface area contributed by atoms with Crippen LogP contribution >= 0.6 is 28.3 Å². The summed E-state index contributed by atoms with van der Waals surface area (Å²) >= 11 is 3.59. The third-order valence-corrected chi connectivity index (χ3v) is 4.51. The van der Waals surface area contributed by atoms with E-state index >= 15 is 0 Å². The van der Waals surface area contributed by atoms with Gasteiger partial charge in [-0.15, -0.1) is 12.4 Å². The fourth-order valence-corrected chi connectivity index (χ4v) is 3.41. The number of halogens is 3. The first-order valence-electron chi connectivity index (χ1n) is 6.89. The second-order valence-electron chi connectivity index (χ2n) is 5.01. The van der Waals surface area contributed by atoms with Crippen LogP contribution < -0.4 is 14.8 Å². The first-order valence-corrected chi connectivity index (χ1v) is 7.68. The van der Waals surface area contributed by atoms with E-state index in [4.69, 9.17) is 9.47 Å². The van der Waals surface area contributed by atoms with E-state index < -0.39 is 0 Å². The van der Waals surface area contributed by atoms with Gasteiger partial charge >= 0.3 is 0 Å². The lowest BCUT2D eigenvalue weighted by Crippen LogP contribution is -2.45. The van der Waals surface area contributed by atoms with E-state index in [1.165, 1.54) is 0 Å². The molecule has 1 aromatic carbocycles. The van der Waals surface area contributed by atoms with Crippen LogP contribution in [0.15, 0.2) is 16.6 Å². The number of nitrogens with zero attached hydrogens (tertiary/aromatic N) is 1. The van der Waals surface area contributed by atoms with Crippen molar-refractivity contribution in [1.82, 2.24) is 10.2 Å². The molecule has 0 unspecified atom stereocenters. The lowest BCUT2D eigenvalue weighted by atomic mass is 10.0. The van der Waals surface area contributed by atoms with Crippen LogP contribution in [0.3, 0.4) is 0 Å². The second-order valence-corrected chi connectivity index (χ2v) is 5.86. The van der Waals surface area contributed by atoms with Crippen molar-refractivity contribution < 1.29 is 13.9 Å². The number of rotatable bonds is 4. The minimum atomic E-state index is -0.324. The maximum absolute atomic E-state index is 13.0. The van der Waals surface area contributed by atoms with Crippen LogP contribution in [0.2, 0.25) is 0 Å². The quantitative estimate of drug-likeness (QED) is 0.869. The SMILES string of the molecule is Cl.FCC[C@@H](c1cc2c(cc1Br)OCO2)N1CCNCC1. The Bertz CT molecular complexity index is 486. The Balaban J connectivity index is 0.00000161. The molecule has 1 N–H and O–H groups in total. The predicted octanol–water partition coefficient (Wildman–Crippen LogP) is 2.91. The van der Waals surface area contributed by atoms with E-state index in [2.05, 4.69) is 26.1 Å². The average molecular weight is 382 g/mol. The van der Waals surface area contributed by atoms with E-state index in [0.717, 1.165) is 47.7 Å². The molecule has 3 rings (SSSR count). The van der Waals surface area contributed by atoms with Crippen LogP contribution in [0.25, 0.3) is 0 Å². The summed E-state index contributed by atoms with van der Waals surface area (Å²) in [4.78, 5) is 2.33. The molecule has 1 aromatic rings.